The van der Waals surface area contributed by atoms with Crippen LogP contribution in [0.2, 0.25) is 0 Å². The van der Waals surface area contributed by atoms with Crippen molar-refractivity contribution in [2.45, 2.75) is 58.8 Å². The maximum atomic E-state index is 5.23. The molecule has 0 bridgehead atoms. The van der Waals surface area contributed by atoms with Gasteiger partial charge in [-0.3, -0.25) is 0 Å². The molecule has 2 heteroatoms. The molecule has 0 rings (SSSR count). The molecule has 0 spiro atoms. The first-order valence-electron chi connectivity index (χ1n) is 5.76. The van der Waals surface area contributed by atoms with E-state index >= 15 is 0 Å². The maximum absolute atomic E-state index is 5.23. The van der Waals surface area contributed by atoms with Crippen molar-refractivity contribution in [2.24, 2.45) is 0 Å². The average molecular weight is 187 g/mol. The van der Waals surface area contributed by atoms with Crippen molar-refractivity contribution in [1.29, 1.82) is 0 Å². The summed E-state index contributed by atoms with van der Waals surface area (Å²) in [7, 11) is 0. The Kier molecular flexibility index (Phi) is 11.8. The SMILES string of the molecule is CCCCCCCCONCCC. The lowest BCUT2D eigenvalue weighted by Crippen LogP contribution is -2.15. The van der Waals surface area contributed by atoms with Gasteiger partial charge in [0.1, 0.15) is 0 Å². The van der Waals surface area contributed by atoms with E-state index < -0.39 is 0 Å². The third kappa shape index (κ3) is 11.9. The molecular formula is C11H25NO. The number of nitrogens with one attached hydrogen (secondary N) is 1. The summed E-state index contributed by atoms with van der Waals surface area (Å²) in [5, 5.41) is 0. The Morgan fingerprint density at radius 1 is 0.846 bits per heavy atom. The van der Waals surface area contributed by atoms with Gasteiger partial charge in [0.25, 0.3) is 0 Å². The summed E-state index contributed by atoms with van der Waals surface area (Å²) >= 11 is 0. The smallest absolute Gasteiger partial charge is 0.0682 e. The minimum absolute atomic E-state index is 0.867. The van der Waals surface area contributed by atoms with E-state index in [2.05, 4.69) is 19.3 Å². The summed E-state index contributed by atoms with van der Waals surface area (Å²) in [4.78, 5) is 5.23. The molecule has 0 atom stereocenters. The number of rotatable bonds is 10. The summed E-state index contributed by atoms with van der Waals surface area (Å²) in [5.41, 5.74) is 2.94. The predicted molar refractivity (Wildman–Crippen MR) is 57.6 cm³/mol. The molecule has 0 aromatic rings. The standard InChI is InChI=1S/C11H25NO/c1-3-5-6-7-8-9-11-13-12-10-4-2/h12H,3-11H2,1-2H3. The first-order chi connectivity index (χ1) is 6.41. The van der Waals surface area contributed by atoms with Gasteiger partial charge in [0.05, 0.1) is 6.61 Å². The van der Waals surface area contributed by atoms with Crippen LogP contribution in [-0.2, 0) is 4.84 Å². The van der Waals surface area contributed by atoms with Crippen molar-refractivity contribution >= 4 is 0 Å². The molecule has 2 nitrogen and oxygen atoms in total. The van der Waals surface area contributed by atoms with Crippen LogP contribution in [0.5, 0.6) is 0 Å². The summed E-state index contributed by atoms with van der Waals surface area (Å²) < 4.78 is 0. The van der Waals surface area contributed by atoms with Gasteiger partial charge < -0.3 is 4.84 Å². The summed E-state index contributed by atoms with van der Waals surface area (Å²) in [6, 6.07) is 0. The second kappa shape index (κ2) is 11.9. The predicted octanol–water partition coefficient (Wildman–Crippen LogP) is 3.28. The van der Waals surface area contributed by atoms with Gasteiger partial charge in [-0.2, -0.15) is 0 Å². The number of hydrogen-bond acceptors (Lipinski definition) is 2. The minimum atomic E-state index is 0.867. The Morgan fingerprint density at radius 2 is 1.54 bits per heavy atom. The number of hydrogen-bond donors (Lipinski definition) is 1. The Bertz CT molecular complexity index is 76.2. The minimum Gasteiger partial charge on any atom is -0.302 e. The Labute approximate surface area is 83.0 Å². The molecule has 0 aliphatic heterocycles. The highest BCUT2D eigenvalue weighted by molar-refractivity contribution is 4.42. The van der Waals surface area contributed by atoms with Crippen molar-refractivity contribution in [3.63, 3.8) is 0 Å². The second-order valence-electron chi connectivity index (χ2n) is 3.51. The van der Waals surface area contributed by atoms with Gasteiger partial charge in [-0.05, 0) is 12.8 Å². The molecule has 0 aromatic heterocycles. The maximum Gasteiger partial charge on any atom is 0.0682 e. The molecule has 0 aliphatic carbocycles. The zero-order valence-electron chi connectivity index (χ0n) is 9.27. The summed E-state index contributed by atoms with van der Waals surface area (Å²) in [6.45, 7) is 6.22. The normalized spacial score (nSPS) is 10.6. The quantitative estimate of drug-likeness (QED) is 0.418. The second-order valence-corrected chi connectivity index (χ2v) is 3.51. The highest BCUT2D eigenvalue weighted by atomic mass is 16.6. The molecule has 13 heavy (non-hydrogen) atoms. The molecule has 0 aromatic carbocycles. The molecule has 0 unspecified atom stereocenters. The lowest BCUT2D eigenvalue weighted by molar-refractivity contribution is 0.0387. The van der Waals surface area contributed by atoms with Crippen molar-refractivity contribution in [3.05, 3.63) is 0 Å². The molecule has 0 saturated heterocycles. The van der Waals surface area contributed by atoms with E-state index in [1.807, 2.05) is 0 Å². The van der Waals surface area contributed by atoms with Crippen molar-refractivity contribution in [1.82, 2.24) is 5.48 Å². The Hall–Kier alpha value is -0.0800. The molecular weight excluding hydrogens is 162 g/mol. The average Bonchev–Trinajstić information content (AvgIpc) is 2.16. The molecule has 1 N–H and O–H groups in total. The molecule has 0 heterocycles. The number of unbranched alkanes of at least 4 members (excludes halogenated alkanes) is 5. The van der Waals surface area contributed by atoms with Crippen LogP contribution in [-0.4, -0.2) is 13.2 Å². The monoisotopic (exact) mass is 187 g/mol. The topological polar surface area (TPSA) is 21.3 Å². The van der Waals surface area contributed by atoms with Gasteiger partial charge >= 0.3 is 0 Å². The molecule has 0 fully saturated rings. The van der Waals surface area contributed by atoms with Crippen molar-refractivity contribution < 1.29 is 4.84 Å². The van der Waals surface area contributed by atoms with Crippen LogP contribution < -0.4 is 5.48 Å². The van der Waals surface area contributed by atoms with Crippen molar-refractivity contribution in [2.75, 3.05) is 13.2 Å². The van der Waals surface area contributed by atoms with E-state index in [9.17, 15) is 0 Å². The fourth-order valence-corrected chi connectivity index (χ4v) is 1.20. The lowest BCUT2D eigenvalue weighted by atomic mass is 10.1. The van der Waals surface area contributed by atoms with E-state index in [0.29, 0.717) is 0 Å². The largest absolute Gasteiger partial charge is 0.302 e. The third-order valence-corrected chi connectivity index (χ3v) is 2.05. The van der Waals surface area contributed by atoms with Crippen LogP contribution in [0.4, 0.5) is 0 Å². The van der Waals surface area contributed by atoms with Crippen LogP contribution >= 0.6 is 0 Å². The van der Waals surface area contributed by atoms with Gasteiger partial charge in [-0.1, -0.05) is 46.0 Å². The molecule has 0 amide bonds. The van der Waals surface area contributed by atoms with Crippen LogP contribution in [0, 0.1) is 0 Å². The Balaban J connectivity index is 2.76. The summed E-state index contributed by atoms with van der Waals surface area (Å²) in [5.74, 6) is 0. The van der Waals surface area contributed by atoms with E-state index in [-0.39, 0.29) is 0 Å². The molecule has 0 saturated carbocycles. The molecule has 0 radical (unpaired) electrons. The van der Waals surface area contributed by atoms with Gasteiger partial charge in [-0.25, -0.2) is 5.48 Å². The fraction of sp³-hybridized carbons (Fsp3) is 1.00. The van der Waals surface area contributed by atoms with E-state index in [0.717, 1.165) is 19.6 Å². The first-order valence-corrected chi connectivity index (χ1v) is 5.76. The van der Waals surface area contributed by atoms with Crippen LogP contribution in [0.1, 0.15) is 58.8 Å². The highest BCUT2D eigenvalue weighted by Gasteiger charge is 1.90. The van der Waals surface area contributed by atoms with E-state index in [1.54, 1.807) is 0 Å². The molecule has 80 valence electrons. The zero-order chi connectivity index (χ0) is 9.78. The van der Waals surface area contributed by atoms with Gasteiger partial charge in [-0.15, -0.1) is 0 Å². The van der Waals surface area contributed by atoms with Crippen LogP contribution in [0.15, 0.2) is 0 Å². The van der Waals surface area contributed by atoms with Gasteiger partial charge in [0.2, 0.25) is 0 Å². The third-order valence-electron chi connectivity index (χ3n) is 2.05. The highest BCUT2D eigenvalue weighted by Crippen LogP contribution is 2.04. The van der Waals surface area contributed by atoms with Gasteiger partial charge in [0.15, 0.2) is 0 Å². The zero-order valence-corrected chi connectivity index (χ0v) is 9.27. The lowest BCUT2D eigenvalue weighted by Gasteiger charge is -2.03. The van der Waals surface area contributed by atoms with Crippen LogP contribution in [0.25, 0.3) is 0 Å². The summed E-state index contributed by atoms with van der Waals surface area (Å²) in [6.07, 6.45) is 9.11. The first kappa shape index (κ1) is 12.9. The van der Waals surface area contributed by atoms with E-state index in [1.165, 1.54) is 38.5 Å². The fourth-order valence-electron chi connectivity index (χ4n) is 1.20. The van der Waals surface area contributed by atoms with E-state index in [4.69, 9.17) is 4.84 Å². The van der Waals surface area contributed by atoms with Crippen LogP contribution in [0.3, 0.4) is 0 Å². The van der Waals surface area contributed by atoms with Crippen molar-refractivity contribution in [3.8, 4) is 0 Å². The Morgan fingerprint density at radius 3 is 2.23 bits per heavy atom. The number of hydroxylamine groups is 1. The van der Waals surface area contributed by atoms with Gasteiger partial charge in [0, 0.05) is 6.54 Å². The molecule has 0 aliphatic rings.